The lowest BCUT2D eigenvalue weighted by Gasteiger charge is -2.20. The largest absolute Gasteiger partial charge is 0.391 e. The van der Waals surface area contributed by atoms with Crippen LogP contribution in [0.4, 0.5) is 0 Å². The second kappa shape index (κ2) is 7.14. The number of likely N-dealkylation sites (N-methyl/N-ethyl adjacent to an activating group) is 1. The number of rotatable bonds is 7. The number of nitrogens with one attached hydrogen (secondary N) is 1. The lowest BCUT2D eigenvalue weighted by atomic mass is 9.89. The minimum Gasteiger partial charge on any atom is -0.391 e. The second-order valence-electron chi connectivity index (χ2n) is 5.43. The van der Waals surface area contributed by atoms with Crippen molar-refractivity contribution < 1.29 is 0 Å². The average molecular weight is 267 g/mol. The van der Waals surface area contributed by atoms with Gasteiger partial charge < -0.3 is 5.32 Å². The third-order valence-corrected chi connectivity index (χ3v) is 4.01. The van der Waals surface area contributed by atoms with Crippen LogP contribution < -0.4 is 5.32 Å². The topological polar surface area (TPSA) is 12.0 Å². The molecular weight excluding hydrogens is 242 g/mol. The summed E-state index contributed by atoms with van der Waals surface area (Å²) in [5, 5.41) is 5.86. The van der Waals surface area contributed by atoms with Crippen LogP contribution >= 0.6 is 0 Å². The van der Waals surface area contributed by atoms with E-state index >= 15 is 0 Å². The second-order valence-corrected chi connectivity index (χ2v) is 5.43. The van der Waals surface area contributed by atoms with Crippen molar-refractivity contribution >= 4 is 10.8 Å². The van der Waals surface area contributed by atoms with Crippen LogP contribution in [0.25, 0.3) is 10.8 Å². The number of allylic oxidation sites excluding steroid dienone is 1. The minimum atomic E-state index is 0.413. The minimum absolute atomic E-state index is 0.413. The summed E-state index contributed by atoms with van der Waals surface area (Å²) >= 11 is 0. The smallest absolute Gasteiger partial charge is 0.0231 e. The first-order valence-electron chi connectivity index (χ1n) is 7.61. The Morgan fingerprint density at radius 3 is 2.55 bits per heavy atom. The molecule has 1 nitrogen and oxygen atoms in total. The van der Waals surface area contributed by atoms with Gasteiger partial charge in [0.2, 0.25) is 0 Å². The Balaban J connectivity index is 2.27. The van der Waals surface area contributed by atoms with Crippen LogP contribution in [0.3, 0.4) is 0 Å². The predicted molar refractivity (Wildman–Crippen MR) is 89.0 cm³/mol. The van der Waals surface area contributed by atoms with Gasteiger partial charge >= 0.3 is 0 Å². The van der Waals surface area contributed by atoms with E-state index in [2.05, 4.69) is 61.3 Å². The van der Waals surface area contributed by atoms with E-state index in [1.807, 2.05) is 7.05 Å². The zero-order valence-electron chi connectivity index (χ0n) is 12.7. The molecule has 0 saturated carbocycles. The van der Waals surface area contributed by atoms with Crippen LogP contribution in [-0.2, 0) is 0 Å². The van der Waals surface area contributed by atoms with Gasteiger partial charge in [0.05, 0.1) is 0 Å². The molecule has 2 rings (SSSR count). The molecule has 0 saturated heterocycles. The maximum Gasteiger partial charge on any atom is 0.0231 e. The van der Waals surface area contributed by atoms with Crippen molar-refractivity contribution in [3.63, 3.8) is 0 Å². The molecule has 2 aromatic rings. The SMILES string of the molecule is C=C(NC)C(CCCCC)c1ccc2ccccc2c1. The quantitative estimate of drug-likeness (QED) is 0.677. The Bertz CT molecular complexity index is 571. The molecule has 0 aliphatic rings. The molecule has 0 fully saturated rings. The average Bonchev–Trinajstić information content (AvgIpc) is 2.50. The van der Waals surface area contributed by atoms with Crippen LogP contribution in [0.2, 0.25) is 0 Å². The molecule has 106 valence electrons. The summed E-state index contributed by atoms with van der Waals surface area (Å²) in [5.41, 5.74) is 2.50. The fraction of sp³-hybridized carbons (Fsp3) is 0.368. The van der Waals surface area contributed by atoms with E-state index in [1.165, 1.54) is 42.0 Å². The zero-order chi connectivity index (χ0) is 14.4. The third-order valence-electron chi connectivity index (χ3n) is 4.01. The maximum atomic E-state index is 4.20. The molecule has 2 aromatic carbocycles. The molecule has 0 aromatic heterocycles. The summed E-state index contributed by atoms with van der Waals surface area (Å²) in [6.45, 7) is 6.45. The van der Waals surface area contributed by atoms with Crippen molar-refractivity contribution in [2.45, 2.75) is 38.5 Å². The van der Waals surface area contributed by atoms with Gasteiger partial charge in [-0.3, -0.25) is 0 Å². The van der Waals surface area contributed by atoms with Crippen molar-refractivity contribution in [1.82, 2.24) is 5.32 Å². The number of hydrogen-bond donors (Lipinski definition) is 1. The first-order chi connectivity index (χ1) is 9.76. The summed E-state index contributed by atoms with van der Waals surface area (Å²) in [5.74, 6) is 0.413. The molecular formula is C19H25N. The van der Waals surface area contributed by atoms with E-state index in [1.54, 1.807) is 0 Å². The predicted octanol–water partition coefficient (Wildman–Crippen LogP) is 5.24. The third kappa shape index (κ3) is 3.41. The molecule has 0 amide bonds. The molecule has 0 heterocycles. The molecule has 0 spiro atoms. The Morgan fingerprint density at radius 2 is 1.85 bits per heavy atom. The number of unbranched alkanes of at least 4 members (excludes halogenated alkanes) is 2. The highest BCUT2D eigenvalue weighted by Crippen LogP contribution is 2.30. The summed E-state index contributed by atoms with van der Waals surface area (Å²) in [6.07, 6.45) is 4.98. The first-order valence-corrected chi connectivity index (χ1v) is 7.61. The molecule has 1 N–H and O–H groups in total. The van der Waals surface area contributed by atoms with Gasteiger partial charge in [0, 0.05) is 18.7 Å². The van der Waals surface area contributed by atoms with Gasteiger partial charge in [-0.25, -0.2) is 0 Å². The fourth-order valence-corrected chi connectivity index (χ4v) is 2.74. The zero-order valence-corrected chi connectivity index (χ0v) is 12.7. The highest BCUT2D eigenvalue weighted by molar-refractivity contribution is 5.83. The molecule has 1 unspecified atom stereocenters. The fourth-order valence-electron chi connectivity index (χ4n) is 2.74. The van der Waals surface area contributed by atoms with Crippen LogP contribution in [-0.4, -0.2) is 7.05 Å². The van der Waals surface area contributed by atoms with Crippen LogP contribution in [0, 0.1) is 0 Å². The van der Waals surface area contributed by atoms with Gasteiger partial charge in [-0.1, -0.05) is 75.2 Å². The van der Waals surface area contributed by atoms with Crippen LogP contribution in [0.15, 0.2) is 54.7 Å². The lowest BCUT2D eigenvalue weighted by molar-refractivity contribution is 0.595. The molecule has 0 bridgehead atoms. The number of benzene rings is 2. The summed E-state index contributed by atoms with van der Waals surface area (Å²) in [7, 11) is 1.97. The van der Waals surface area contributed by atoms with Gasteiger partial charge in [0.1, 0.15) is 0 Å². The number of fused-ring (bicyclic) bond motifs is 1. The Labute approximate surface area is 122 Å². The molecule has 1 heteroatoms. The summed E-state index contributed by atoms with van der Waals surface area (Å²) < 4.78 is 0. The lowest BCUT2D eigenvalue weighted by Crippen LogP contribution is -2.14. The Morgan fingerprint density at radius 1 is 1.10 bits per heavy atom. The highest BCUT2D eigenvalue weighted by Gasteiger charge is 2.14. The maximum absolute atomic E-state index is 4.20. The van der Waals surface area contributed by atoms with Gasteiger partial charge in [-0.2, -0.15) is 0 Å². The molecule has 0 radical (unpaired) electrons. The monoisotopic (exact) mass is 267 g/mol. The van der Waals surface area contributed by atoms with Gasteiger partial charge in [0.15, 0.2) is 0 Å². The Hall–Kier alpha value is -1.76. The van der Waals surface area contributed by atoms with Crippen molar-refractivity contribution in [1.29, 1.82) is 0 Å². The van der Waals surface area contributed by atoms with Crippen molar-refractivity contribution in [3.05, 3.63) is 60.3 Å². The van der Waals surface area contributed by atoms with E-state index in [0.29, 0.717) is 5.92 Å². The van der Waals surface area contributed by atoms with Crippen molar-refractivity contribution in [2.24, 2.45) is 0 Å². The molecule has 1 atom stereocenters. The van der Waals surface area contributed by atoms with Crippen molar-refractivity contribution in [3.8, 4) is 0 Å². The van der Waals surface area contributed by atoms with E-state index in [4.69, 9.17) is 0 Å². The highest BCUT2D eigenvalue weighted by atomic mass is 14.8. The van der Waals surface area contributed by atoms with E-state index in [9.17, 15) is 0 Å². The first kappa shape index (κ1) is 14.6. The summed E-state index contributed by atoms with van der Waals surface area (Å²) in [4.78, 5) is 0. The van der Waals surface area contributed by atoms with E-state index in [0.717, 1.165) is 5.70 Å². The number of hydrogen-bond acceptors (Lipinski definition) is 1. The van der Waals surface area contributed by atoms with E-state index in [-0.39, 0.29) is 0 Å². The van der Waals surface area contributed by atoms with Crippen molar-refractivity contribution in [2.75, 3.05) is 7.05 Å². The molecule has 0 aliphatic heterocycles. The van der Waals surface area contributed by atoms with Gasteiger partial charge in [0.25, 0.3) is 0 Å². The molecule has 0 aliphatic carbocycles. The standard InChI is InChI=1S/C19H25N/c1-4-5-6-11-19(15(2)20-3)18-13-12-16-9-7-8-10-17(16)14-18/h7-10,12-14,19-20H,2,4-6,11H2,1,3H3. The van der Waals surface area contributed by atoms with E-state index < -0.39 is 0 Å². The normalized spacial score (nSPS) is 12.3. The van der Waals surface area contributed by atoms with Gasteiger partial charge in [-0.15, -0.1) is 0 Å². The summed E-state index contributed by atoms with van der Waals surface area (Å²) in [6, 6.07) is 15.3. The molecule has 20 heavy (non-hydrogen) atoms. The Kier molecular flexibility index (Phi) is 5.23. The van der Waals surface area contributed by atoms with Crippen LogP contribution in [0.5, 0.6) is 0 Å². The van der Waals surface area contributed by atoms with Gasteiger partial charge in [-0.05, 0) is 22.8 Å². The van der Waals surface area contributed by atoms with Crippen LogP contribution in [0.1, 0.15) is 44.1 Å².